The third kappa shape index (κ3) is 3.46. The number of nitrogens with zero attached hydrogens (tertiary/aromatic N) is 3. The Morgan fingerprint density at radius 1 is 1.00 bits per heavy atom. The van der Waals surface area contributed by atoms with Gasteiger partial charge in [-0.25, -0.2) is 4.98 Å². The van der Waals surface area contributed by atoms with Gasteiger partial charge in [0.05, 0.1) is 11.4 Å². The number of aromatic nitrogens is 2. The first kappa shape index (κ1) is 16.3. The van der Waals surface area contributed by atoms with Crippen LogP contribution < -0.4 is 5.32 Å². The first-order valence-electron chi connectivity index (χ1n) is 9.18. The lowest BCUT2D eigenvalue weighted by Gasteiger charge is -2.20. The van der Waals surface area contributed by atoms with E-state index in [2.05, 4.69) is 71.1 Å². The highest BCUT2D eigenvalue weighted by atomic mass is 15.2. The zero-order chi connectivity index (χ0) is 17.2. The van der Waals surface area contributed by atoms with Crippen LogP contribution in [0.5, 0.6) is 0 Å². The van der Waals surface area contributed by atoms with Gasteiger partial charge in [0.1, 0.15) is 5.65 Å². The molecule has 1 aromatic carbocycles. The molecule has 2 aromatic heterocycles. The summed E-state index contributed by atoms with van der Waals surface area (Å²) < 4.78 is 2.26. The molecule has 1 N–H and O–H groups in total. The van der Waals surface area contributed by atoms with E-state index in [-0.39, 0.29) is 0 Å². The van der Waals surface area contributed by atoms with Gasteiger partial charge in [0, 0.05) is 31.4 Å². The van der Waals surface area contributed by atoms with Crippen molar-refractivity contribution in [2.45, 2.75) is 26.8 Å². The van der Waals surface area contributed by atoms with Gasteiger partial charge in [-0.05, 0) is 51.1 Å². The number of pyridine rings is 1. The minimum atomic E-state index is 0.940. The van der Waals surface area contributed by atoms with Crippen LogP contribution in [0.25, 0.3) is 16.9 Å². The van der Waals surface area contributed by atoms with Crippen LogP contribution in [-0.2, 0) is 6.54 Å². The van der Waals surface area contributed by atoms with Crippen molar-refractivity contribution >= 4 is 5.65 Å². The van der Waals surface area contributed by atoms with Gasteiger partial charge < -0.3 is 9.72 Å². The molecule has 25 heavy (non-hydrogen) atoms. The molecule has 0 radical (unpaired) electrons. The summed E-state index contributed by atoms with van der Waals surface area (Å²) in [6, 6.07) is 13.1. The molecule has 1 fully saturated rings. The van der Waals surface area contributed by atoms with Crippen molar-refractivity contribution in [2.24, 2.45) is 0 Å². The Morgan fingerprint density at radius 2 is 1.84 bits per heavy atom. The van der Waals surface area contributed by atoms with Crippen LogP contribution in [0.2, 0.25) is 0 Å². The maximum atomic E-state index is 4.98. The first-order valence-corrected chi connectivity index (χ1v) is 9.18. The van der Waals surface area contributed by atoms with Crippen LogP contribution in [0, 0.1) is 13.8 Å². The lowest BCUT2D eigenvalue weighted by molar-refractivity contribution is 0.281. The summed E-state index contributed by atoms with van der Waals surface area (Å²) in [4.78, 5) is 7.53. The molecule has 0 bridgehead atoms. The van der Waals surface area contributed by atoms with Crippen molar-refractivity contribution in [1.82, 2.24) is 19.6 Å². The number of aryl methyl sites for hydroxylation is 2. The van der Waals surface area contributed by atoms with Crippen LogP contribution in [0.4, 0.5) is 0 Å². The SMILES string of the molecule is Cc1ccc(-c2nc3cc(C)ccn3c2CN2CCCNCC2)cc1. The molecule has 0 amide bonds. The number of fused-ring (bicyclic) bond motifs is 1. The zero-order valence-corrected chi connectivity index (χ0v) is 15.1. The van der Waals surface area contributed by atoms with E-state index in [0.29, 0.717) is 0 Å². The van der Waals surface area contributed by atoms with E-state index in [0.717, 1.165) is 44.1 Å². The van der Waals surface area contributed by atoms with Crippen molar-refractivity contribution in [3.63, 3.8) is 0 Å². The fourth-order valence-electron chi connectivity index (χ4n) is 3.56. The Hall–Kier alpha value is -2.17. The monoisotopic (exact) mass is 334 g/mol. The molecule has 4 heteroatoms. The normalized spacial score (nSPS) is 16.2. The zero-order valence-electron chi connectivity index (χ0n) is 15.1. The molecule has 4 nitrogen and oxygen atoms in total. The lowest BCUT2D eigenvalue weighted by Crippen LogP contribution is -2.28. The Bertz CT molecular complexity index is 855. The smallest absolute Gasteiger partial charge is 0.137 e. The molecule has 0 unspecified atom stereocenters. The van der Waals surface area contributed by atoms with E-state index in [4.69, 9.17) is 4.98 Å². The molecule has 4 rings (SSSR count). The molecular weight excluding hydrogens is 308 g/mol. The van der Waals surface area contributed by atoms with Gasteiger partial charge in [0.25, 0.3) is 0 Å². The summed E-state index contributed by atoms with van der Waals surface area (Å²) in [6.45, 7) is 9.60. The minimum absolute atomic E-state index is 0.940. The van der Waals surface area contributed by atoms with Crippen LogP contribution in [0.15, 0.2) is 42.6 Å². The van der Waals surface area contributed by atoms with E-state index >= 15 is 0 Å². The number of nitrogens with one attached hydrogen (secondary N) is 1. The van der Waals surface area contributed by atoms with E-state index in [1.54, 1.807) is 0 Å². The highest BCUT2D eigenvalue weighted by Gasteiger charge is 2.18. The summed E-state index contributed by atoms with van der Waals surface area (Å²) in [7, 11) is 0. The van der Waals surface area contributed by atoms with Crippen molar-refractivity contribution in [3.8, 4) is 11.3 Å². The molecule has 1 aliphatic heterocycles. The summed E-state index contributed by atoms with van der Waals surface area (Å²) in [5.74, 6) is 0. The number of benzene rings is 1. The fourth-order valence-corrected chi connectivity index (χ4v) is 3.56. The second-order valence-electron chi connectivity index (χ2n) is 7.09. The van der Waals surface area contributed by atoms with Gasteiger partial charge in [0.2, 0.25) is 0 Å². The third-order valence-corrected chi connectivity index (χ3v) is 5.01. The molecule has 130 valence electrons. The summed E-state index contributed by atoms with van der Waals surface area (Å²) in [6.07, 6.45) is 3.37. The largest absolute Gasteiger partial charge is 0.315 e. The maximum Gasteiger partial charge on any atom is 0.137 e. The Kier molecular flexibility index (Phi) is 4.55. The second kappa shape index (κ2) is 6.98. The molecule has 1 saturated heterocycles. The number of hydrogen-bond donors (Lipinski definition) is 1. The number of hydrogen-bond acceptors (Lipinski definition) is 3. The Balaban J connectivity index is 1.78. The Labute approximate surface area is 149 Å². The highest BCUT2D eigenvalue weighted by molar-refractivity contribution is 5.67. The quantitative estimate of drug-likeness (QED) is 0.797. The van der Waals surface area contributed by atoms with E-state index in [9.17, 15) is 0 Å². The van der Waals surface area contributed by atoms with Crippen LogP contribution in [0.3, 0.4) is 0 Å². The van der Waals surface area contributed by atoms with Gasteiger partial charge in [0.15, 0.2) is 0 Å². The average molecular weight is 334 g/mol. The third-order valence-electron chi connectivity index (χ3n) is 5.01. The molecule has 0 atom stereocenters. The summed E-state index contributed by atoms with van der Waals surface area (Å²) in [5.41, 5.74) is 7.18. The van der Waals surface area contributed by atoms with E-state index in [1.807, 2.05) is 0 Å². The van der Waals surface area contributed by atoms with Crippen molar-refractivity contribution in [3.05, 3.63) is 59.4 Å². The topological polar surface area (TPSA) is 32.6 Å². The predicted octanol–water partition coefficient (Wildman–Crippen LogP) is 3.41. The van der Waals surface area contributed by atoms with E-state index < -0.39 is 0 Å². The predicted molar refractivity (Wildman–Crippen MR) is 103 cm³/mol. The summed E-state index contributed by atoms with van der Waals surface area (Å²) >= 11 is 0. The molecule has 0 spiro atoms. The van der Waals surface area contributed by atoms with Crippen molar-refractivity contribution in [2.75, 3.05) is 26.2 Å². The van der Waals surface area contributed by atoms with E-state index in [1.165, 1.54) is 28.8 Å². The molecule has 0 aliphatic carbocycles. The standard InChI is InChI=1S/C21H26N4/c1-16-4-6-18(7-5-16)21-19(15-24-11-3-9-22-10-13-24)25-12-8-17(2)14-20(25)23-21/h4-8,12,14,22H,3,9-11,13,15H2,1-2H3. The van der Waals surface area contributed by atoms with Gasteiger partial charge in [-0.1, -0.05) is 29.8 Å². The second-order valence-corrected chi connectivity index (χ2v) is 7.09. The summed E-state index contributed by atoms with van der Waals surface area (Å²) in [5, 5.41) is 3.49. The van der Waals surface area contributed by atoms with Gasteiger partial charge in [-0.15, -0.1) is 0 Å². The number of imidazole rings is 1. The molecule has 3 aromatic rings. The Morgan fingerprint density at radius 3 is 2.68 bits per heavy atom. The number of rotatable bonds is 3. The maximum absolute atomic E-state index is 4.98. The van der Waals surface area contributed by atoms with Gasteiger partial charge in [-0.3, -0.25) is 4.90 Å². The van der Waals surface area contributed by atoms with Gasteiger partial charge >= 0.3 is 0 Å². The highest BCUT2D eigenvalue weighted by Crippen LogP contribution is 2.26. The van der Waals surface area contributed by atoms with Crippen molar-refractivity contribution in [1.29, 1.82) is 0 Å². The van der Waals surface area contributed by atoms with Crippen LogP contribution in [0.1, 0.15) is 23.2 Å². The first-order chi connectivity index (χ1) is 12.2. The van der Waals surface area contributed by atoms with Crippen LogP contribution >= 0.6 is 0 Å². The fraction of sp³-hybridized carbons (Fsp3) is 0.381. The lowest BCUT2D eigenvalue weighted by atomic mass is 10.1. The molecular formula is C21H26N4. The van der Waals surface area contributed by atoms with Crippen molar-refractivity contribution < 1.29 is 0 Å². The van der Waals surface area contributed by atoms with Crippen LogP contribution in [-0.4, -0.2) is 40.5 Å². The minimum Gasteiger partial charge on any atom is -0.315 e. The molecule has 3 heterocycles. The molecule has 0 saturated carbocycles. The molecule has 1 aliphatic rings. The van der Waals surface area contributed by atoms with Gasteiger partial charge in [-0.2, -0.15) is 0 Å². The average Bonchev–Trinajstić information content (AvgIpc) is 2.78.